The summed E-state index contributed by atoms with van der Waals surface area (Å²) in [6, 6.07) is 3.77. The number of carbonyl (C=O) groups is 1. The van der Waals surface area contributed by atoms with Gasteiger partial charge in [-0.1, -0.05) is 0 Å². The Morgan fingerprint density at radius 3 is 2.63 bits per heavy atom. The third-order valence-corrected chi connectivity index (χ3v) is 6.16. The van der Waals surface area contributed by atoms with Gasteiger partial charge in [-0.05, 0) is 25.0 Å². The van der Waals surface area contributed by atoms with Gasteiger partial charge in [0.2, 0.25) is 15.9 Å². The lowest BCUT2D eigenvalue weighted by atomic mass is 10.2. The minimum atomic E-state index is -3.76. The number of nitro benzene ring substituents is 1. The van der Waals surface area contributed by atoms with Crippen molar-refractivity contribution in [1.82, 2.24) is 9.62 Å². The van der Waals surface area contributed by atoms with Crippen LogP contribution in [0.15, 0.2) is 23.1 Å². The van der Waals surface area contributed by atoms with E-state index in [4.69, 9.17) is 4.74 Å². The number of nitrogens with one attached hydrogen (secondary N) is 1. The van der Waals surface area contributed by atoms with E-state index in [-0.39, 0.29) is 28.7 Å². The Labute approximate surface area is 158 Å². The molecule has 1 amide bonds. The number of likely N-dealkylation sites (N-methyl/N-ethyl adjacent to an activating group) is 1. The number of amides is 1. The lowest BCUT2D eigenvalue weighted by Gasteiger charge is -2.20. The average molecular weight is 400 g/mol. The third-order valence-electron chi connectivity index (χ3n) is 4.27. The van der Waals surface area contributed by atoms with E-state index in [0.717, 1.165) is 18.9 Å². The van der Waals surface area contributed by atoms with Crippen LogP contribution in [0.3, 0.4) is 0 Å². The first-order valence-electron chi connectivity index (χ1n) is 8.52. The first-order chi connectivity index (χ1) is 12.8. The van der Waals surface area contributed by atoms with Crippen molar-refractivity contribution < 1.29 is 22.9 Å². The van der Waals surface area contributed by atoms with Crippen molar-refractivity contribution in [2.24, 2.45) is 0 Å². The van der Waals surface area contributed by atoms with E-state index in [1.165, 1.54) is 35.5 Å². The molecule has 0 atom stereocenters. The topological polar surface area (TPSA) is 122 Å². The monoisotopic (exact) mass is 400 g/mol. The zero-order valence-corrected chi connectivity index (χ0v) is 16.2. The highest BCUT2D eigenvalue weighted by molar-refractivity contribution is 7.89. The van der Waals surface area contributed by atoms with E-state index in [1.807, 2.05) is 0 Å². The molecule has 1 heterocycles. The maximum Gasteiger partial charge on any atom is 0.293 e. The van der Waals surface area contributed by atoms with Crippen LogP contribution < -0.4 is 10.2 Å². The molecule has 150 valence electrons. The first kappa shape index (κ1) is 21.1. The Morgan fingerprint density at radius 2 is 2.04 bits per heavy atom. The number of ether oxygens (including phenoxy) is 1. The average Bonchev–Trinajstić information content (AvgIpc) is 3.16. The van der Waals surface area contributed by atoms with Crippen molar-refractivity contribution in [2.45, 2.75) is 17.7 Å². The number of methoxy groups -OCH3 is 1. The molecule has 27 heavy (non-hydrogen) atoms. The standard InChI is InChI=1S/C16H24N4O6S/c1-18(12-16(21)17-7-10-26-2)14-6-5-13(11-15(14)20(22)23)27(24,25)19-8-3-4-9-19/h5-6,11H,3-4,7-10,12H2,1-2H3,(H,17,21). The van der Waals surface area contributed by atoms with Gasteiger partial charge in [-0.15, -0.1) is 0 Å². The molecule has 0 spiro atoms. The van der Waals surface area contributed by atoms with E-state index in [2.05, 4.69) is 5.32 Å². The molecule has 11 heteroatoms. The largest absolute Gasteiger partial charge is 0.383 e. The number of nitro groups is 1. The molecule has 1 aromatic rings. The van der Waals surface area contributed by atoms with Crippen molar-refractivity contribution >= 4 is 27.3 Å². The van der Waals surface area contributed by atoms with Gasteiger partial charge in [-0.3, -0.25) is 14.9 Å². The Hall–Kier alpha value is -2.24. The first-order valence-corrected chi connectivity index (χ1v) is 9.96. The van der Waals surface area contributed by atoms with Gasteiger partial charge in [-0.2, -0.15) is 4.31 Å². The fraction of sp³-hybridized carbons (Fsp3) is 0.562. The Morgan fingerprint density at radius 1 is 1.37 bits per heavy atom. The van der Waals surface area contributed by atoms with Crippen LogP contribution in [0.4, 0.5) is 11.4 Å². The van der Waals surface area contributed by atoms with Crippen molar-refractivity contribution in [2.75, 3.05) is 51.8 Å². The maximum atomic E-state index is 12.6. The van der Waals surface area contributed by atoms with Crippen molar-refractivity contribution in [3.05, 3.63) is 28.3 Å². The minimum absolute atomic E-state index is 0.108. The highest BCUT2D eigenvalue weighted by atomic mass is 32.2. The van der Waals surface area contributed by atoms with Gasteiger partial charge in [-0.25, -0.2) is 8.42 Å². The molecule has 1 saturated heterocycles. The van der Waals surface area contributed by atoms with Gasteiger partial charge >= 0.3 is 0 Å². The molecule has 1 aliphatic heterocycles. The fourth-order valence-electron chi connectivity index (χ4n) is 2.86. The van der Waals surface area contributed by atoms with Crippen LogP contribution in [-0.4, -0.2) is 70.5 Å². The van der Waals surface area contributed by atoms with Gasteiger partial charge in [0.1, 0.15) is 5.69 Å². The van der Waals surface area contributed by atoms with Crippen LogP contribution in [0.2, 0.25) is 0 Å². The van der Waals surface area contributed by atoms with Crippen LogP contribution in [0, 0.1) is 10.1 Å². The second kappa shape index (κ2) is 9.11. The summed E-state index contributed by atoms with van der Waals surface area (Å²) in [6.07, 6.45) is 1.56. The summed E-state index contributed by atoms with van der Waals surface area (Å²) in [6.45, 7) is 1.42. The third kappa shape index (κ3) is 5.15. The van der Waals surface area contributed by atoms with Gasteiger partial charge in [0, 0.05) is 39.9 Å². The van der Waals surface area contributed by atoms with Crippen LogP contribution in [-0.2, 0) is 19.6 Å². The Balaban J connectivity index is 2.22. The summed E-state index contributed by atoms with van der Waals surface area (Å²) in [7, 11) is -0.710. The zero-order chi connectivity index (χ0) is 20.0. The molecule has 1 aromatic carbocycles. The summed E-state index contributed by atoms with van der Waals surface area (Å²) in [5.74, 6) is -0.322. The number of carbonyl (C=O) groups excluding carboxylic acids is 1. The minimum Gasteiger partial charge on any atom is -0.383 e. The molecule has 0 saturated carbocycles. The summed E-state index contributed by atoms with van der Waals surface area (Å²) in [5.41, 5.74) is -0.190. The SMILES string of the molecule is COCCNC(=O)CN(C)c1ccc(S(=O)(=O)N2CCCC2)cc1[N+](=O)[O-]. The number of anilines is 1. The number of sulfonamides is 1. The number of nitrogens with zero attached hydrogens (tertiary/aromatic N) is 3. The van der Waals surface area contributed by atoms with Gasteiger partial charge in [0.15, 0.2) is 0 Å². The number of rotatable bonds is 9. The van der Waals surface area contributed by atoms with Crippen LogP contribution in [0.1, 0.15) is 12.8 Å². The van der Waals surface area contributed by atoms with E-state index in [9.17, 15) is 23.3 Å². The molecule has 1 fully saturated rings. The van der Waals surface area contributed by atoms with Gasteiger partial charge < -0.3 is 15.0 Å². The number of hydrogen-bond acceptors (Lipinski definition) is 7. The highest BCUT2D eigenvalue weighted by Gasteiger charge is 2.30. The predicted octanol–water partition coefficient (Wildman–Crippen LogP) is 0.578. The van der Waals surface area contributed by atoms with Crippen molar-refractivity contribution in [3.63, 3.8) is 0 Å². The van der Waals surface area contributed by atoms with Gasteiger partial charge in [0.25, 0.3) is 5.69 Å². The molecule has 2 rings (SSSR count). The molecule has 0 aromatic heterocycles. The molecule has 0 aliphatic carbocycles. The van der Waals surface area contributed by atoms with Crippen molar-refractivity contribution in [1.29, 1.82) is 0 Å². The molecular formula is C16H24N4O6S. The van der Waals surface area contributed by atoms with E-state index in [0.29, 0.717) is 26.2 Å². The summed E-state index contributed by atoms with van der Waals surface area (Å²) >= 11 is 0. The molecule has 0 radical (unpaired) electrons. The normalized spacial score (nSPS) is 14.9. The van der Waals surface area contributed by atoms with Crippen LogP contribution >= 0.6 is 0 Å². The molecule has 1 N–H and O–H groups in total. The van der Waals surface area contributed by atoms with Crippen molar-refractivity contribution in [3.8, 4) is 0 Å². The summed E-state index contributed by atoms with van der Waals surface area (Å²) in [4.78, 5) is 24.0. The second-order valence-electron chi connectivity index (χ2n) is 6.22. The Bertz CT molecular complexity index is 792. The van der Waals surface area contributed by atoms with E-state index < -0.39 is 14.9 Å². The quantitative estimate of drug-likeness (QED) is 0.365. The maximum absolute atomic E-state index is 12.6. The smallest absolute Gasteiger partial charge is 0.293 e. The van der Waals surface area contributed by atoms with E-state index in [1.54, 1.807) is 0 Å². The summed E-state index contributed by atoms with van der Waals surface area (Å²) in [5, 5.41) is 14.1. The van der Waals surface area contributed by atoms with E-state index >= 15 is 0 Å². The molecule has 0 bridgehead atoms. The summed E-state index contributed by atoms with van der Waals surface area (Å²) < 4.78 is 31.4. The second-order valence-corrected chi connectivity index (χ2v) is 8.16. The zero-order valence-electron chi connectivity index (χ0n) is 15.4. The highest BCUT2D eigenvalue weighted by Crippen LogP contribution is 2.32. The predicted molar refractivity (Wildman–Crippen MR) is 99.2 cm³/mol. The number of benzene rings is 1. The van der Waals surface area contributed by atoms with Crippen LogP contribution in [0.5, 0.6) is 0 Å². The lowest BCUT2D eigenvalue weighted by molar-refractivity contribution is -0.384. The fourth-order valence-corrected chi connectivity index (χ4v) is 4.40. The Kier molecular flexibility index (Phi) is 7.11. The molecule has 10 nitrogen and oxygen atoms in total. The lowest BCUT2D eigenvalue weighted by Crippen LogP contribution is -2.37. The molecule has 1 aliphatic rings. The molecule has 0 unspecified atom stereocenters. The van der Waals surface area contributed by atoms with Gasteiger partial charge in [0.05, 0.1) is 23.0 Å². The van der Waals surface area contributed by atoms with Crippen LogP contribution in [0.25, 0.3) is 0 Å². The number of hydrogen-bond donors (Lipinski definition) is 1. The molecular weight excluding hydrogens is 376 g/mol.